The molecule has 3 rings (SSSR count). The number of hydrogen-bond donors (Lipinski definition) is 0. The molecule has 0 aliphatic carbocycles. The van der Waals surface area contributed by atoms with Crippen LogP contribution in [0.15, 0.2) is 6.20 Å². The van der Waals surface area contributed by atoms with Crippen molar-refractivity contribution in [1.29, 1.82) is 0 Å². The monoisotopic (exact) mass is 293 g/mol. The lowest BCUT2D eigenvalue weighted by Gasteiger charge is -2.31. The highest BCUT2D eigenvalue weighted by atomic mass is 16.6. The smallest absolute Gasteiger partial charge is 0.410 e. The fourth-order valence-electron chi connectivity index (χ4n) is 2.87. The van der Waals surface area contributed by atoms with E-state index in [4.69, 9.17) is 9.47 Å². The molecule has 1 saturated heterocycles. The number of fused-ring (bicyclic) bond motifs is 1. The highest BCUT2D eigenvalue weighted by Gasteiger charge is 2.30. The minimum absolute atomic E-state index is 0.247. The van der Waals surface area contributed by atoms with Gasteiger partial charge in [-0.2, -0.15) is 5.10 Å². The number of aromatic nitrogens is 2. The first-order chi connectivity index (χ1) is 9.94. The van der Waals surface area contributed by atoms with E-state index in [1.165, 1.54) is 5.56 Å². The Morgan fingerprint density at radius 2 is 2.24 bits per heavy atom. The van der Waals surface area contributed by atoms with Gasteiger partial charge in [-0.1, -0.05) is 0 Å². The molecule has 0 bridgehead atoms. The summed E-state index contributed by atoms with van der Waals surface area (Å²) in [6.45, 7) is 9.17. The van der Waals surface area contributed by atoms with Crippen LogP contribution >= 0.6 is 0 Å². The molecule has 0 radical (unpaired) electrons. The Balaban J connectivity index is 1.75. The van der Waals surface area contributed by atoms with E-state index >= 15 is 0 Å². The average Bonchev–Trinajstić information content (AvgIpc) is 3.04. The predicted octanol–water partition coefficient (Wildman–Crippen LogP) is 2.14. The van der Waals surface area contributed by atoms with Crippen LogP contribution in [0.2, 0.25) is 0 Å². The lowest BCUT2D eigenvalue weighted by atomic mass is 9.98. The van der Waals surface area contributed by atoms with E-state index in [2.05, 4.69) is 5.10 Å². The van der Waals surface area contributed by atoms with E-state index in [9.17, 15) is 4.79 Å². The lowest BCUT2D eigenvalue weighted by Crippen LogP contribution is -2.41. The normalized spacial score (nSPS) is 22.2. The van der Waals surface area contributed by atoms with E-state index in [1.807, 2.05) is 31.6 Å². The molecule has 0 saturated carbocycles. The second-order valence-corrected chi connectivity index (χ2v) is 6.73. The number of nitrogens with zero attached hydrogens (tertiary/aromatic N) is 3. The summed E-state index contributed by atoms with van der Waals surface area (Å²) in [7, 11) is 0. The van der Waals surface area contributed by atoms with Gasteiger partial charge in [0, 0.05) is 24.6 Å². The molecule has 0 spiro atoms. The number of carbonyl (C=O) groups is 1. The second-order valence-electron chi connectivity index (χ2n) is 6.73. The highest BCUT2D eigenvalue weighted by molar-refractivity contribution is 5.68. The Kier molecular flexibility index (Phi) is 3.65. The summed E-state index contributed by atoms with van der Waals surface area (Å²) in [5.41, 5.74) is 1.89. The first-order valence-corrected chi connectivity index (χ1v) is 7.54. The zero-order valence-electron chi connectivity index (χ0n) is 13.0. The Morgan fingerprint density at radius 3 is 2.90 bits per heavy atom. The van der Waals surface area contributed by atoms with E-state index in [1.54, 1.807) is 4.90 Å². The SMILES string of the molecule is CC(C)(C)OC(=O)N1CCn2ncc(C3CCOC3)c2C1. The van der Waals surface area contributed by atoms with Crippen molar-refractivity contribution in [2.24, 2.45) is 0 Å². The van der Waals surface area contributed by atoms with Crippen LogP contribution in [0.25, 0.3) is 0 Å². The fourth-order valence-corrected chi connectivity index (χ4v) is 2.87. The van der Waals surface area contributed by atoms with E-state index in [0.29, 0.717) is 19.0 Å². The van der Waals surface area contributed by atoms with Gasteiger partial charge in [0.2, 0.25) is 0 Å². The van der Waals surface area contributed by atoms with Crippen LogP contribution < -0.4 is 0 Å². The van der Waals surface area contributed by atoms with Gasteiger partial charge in [-0.25, -0.2) is 4.79 Å². The minimum Gasteiger partial charge on any atom is -0.444 e. The molecule has 6 nitrogen and oxygen atoms in total. The van der Waals surface area contributed by atoms with Crippen molar-refractivity contribution >= 4 is 6.09 Å². The van der Waals surface area contributed by atoms with Gasteiger partial charge in [-0.15, -0.1) is 0 Å². The van der Waals surface area contributed by atoms with Gasteiger partial charge in [0.1, 0.15) is 5.60 Å². The quantitative estimate of drug-likeness (QED) is 0.796. The average molecular weight is 293 g/mol. The van der Waals surface area contributed by atoms with Crippen molar-refractivity contribution in [3.8, 4) is 0 Å². The van der Waals surface area contributed by atoms with Crippen LogP contribution in [-0.2, 0) is 22.6 Å². The van der Waals surface area contributed by atoms with Crippen molar-refractivity contribution in [2.75, 3.05) is 19.8 Å². The molecule has 2 aliphatic rings. The highest BCUT2D eigenvalue weighted by Crippen LogP contribution is 2.30. The van der Waals surface area contributed by atoms with Crippen LogP contribution in [0.1, 0.15) is 44.4 Å². The molecule has 6 heteroatoms. The number of rotatable bonds is 1. The second kappa shape index (κ2) is 5.33. The topological polar surface area (TPSA) is 56.6 Å². The standard InChI is InChI=1S/C15H23N3O3/c1-15(2,3)21-14(19)17-5-6-18-13(9-17)12(8-16-18)11-4-7-20-10-11/h8,11H,4-7,9-10H2,1-3H3. The van der Waals surface area contributed by atoms with Crippen molar-refractivity contribution in [3.63, 3.8) is 0 Å². The van der Waals surface area contributed by atoms with Crippen molar-refractivity contribution < 1.29 is 14.3 Å². The van der Waals surface area contributed by atoms with Crippen molar-refractivity contribution in [3.05, 3.63) is 17.5 Å². The summed E-state index contributed by atoms with van der Waals surface area (Å²) < 4.78 is 12.9. The van der Waals surface area contributed by atoms with Crippen LogP contribution in [-0.4, -0.2) is 46.1 Å². The molecule has 1 atom stereocenters. The van der Waals surface area contributed by atoms with Crippen molar-refractivity contribution in [2.45, 2.75) is 51.8 Å². The molecule has 1 amide bonds. The van der Waals surface area contributed by atoms with E-state index in [-0.39, 0.29) is 6.09 Å². The van der Waals surface area contributed by atoms with Crippen molar-refractivity contribution in [1.82, 2.24) is 14.7 Å². The molecule has 1 aromatic heterocycles. The van der Waals surface area contributed by atoms with E-state index in [0.717, 1.165) is 31.9 Å². The van der Waals surface area contributed by atoms with Gasteiger partial charge < -0.3 is 14.4 Å². The number of hydrogen-bond acceptors (Lipinski definition) is 4. The summed E-state index contributed by atoms with van der Waals surface area (Å²) in [5.74, 6) is 0.410. The number of carbonyl (C=O) groups excluding carboxylic acids is 1. The summed E-state index contributed by atoms with van der Waals surface area (Å²) in [6.07, 6.45) is 2.72. The summed E-state index contributed by atoms with van der Waals surface area (Å²) in [6, 6.07) is 0. The maximum atomic E-state index is 12.2. The molecule has 0 aromatic carbocycles. The number of amides is 1. The molecule has 1 fully saturated rings. The molecule has 1 aromatic rings. The molecule has 0 N–H and O–H groups in total. The first kappa shape index (κ1) is 14.4. The molecule has 1 unspecified atom stereocenters. The predicted molar refractivity (Wildman–Crippen MR) is 77.0 cm³/mol. The van der Waals surface area contributed by atoms with E-state index < -0.39 is 5.60 Å². The molecule has 116 valence electrons. The van der Waals surface area contributed by atoms with Gasteiger partial charge >= 0.3 is 6.09 Å². The third kappa shape index (κ3) is 3.05. The Bertz CT molecular complexity index is 527. The minimum atomic E-state index is -0.461. The van der Waals surface area contributed by atoms with Crippen LogP contribution in [0.4, 0.5) is 4.79 Å². The Labute approximate surface area is 125 Å². The first-order valence-electron chi connectivity index (χ1n) is 7.54. The largest absolute Gasteiger partial charge is 0.444 e. The van der Waals surface area contributed by atoms with Gasteiger partial charge in [0.05, 0.1) is 31.6 Å². The fraction of sp³-hybridized carbons (Fsp3) is 0.733. The maximum Gasteiger partial charge on any atom is 0.410 e. The zero-order chi connectivity index (χ0) is 15.0. The molecular weight excluding hydrogens is 270 g/mol. The summed E-state index contributed by atoms with van der Waals surface area (Å²) in [5, 5.41) is 4.45. The third-order valence-corrected chi connectivity index (χ3v) is 3.92. The molecule has 3 heterocycles. The molecule has 21 heavy (non-hydrogen) atoms. The van der Waals surface area contributed by atoms with Gasteiger partial charge in [-0.3, -0.25) is 4.68 Å². The maximum absolute atomic E-state index is 12.2. The third-order valence-electron chi connectivity index (χ3n) is 3.92. The van der Waals surface area contributed by atoms with Crippen LogP contribution in [0, 0.1) is 0 Å². The zero-order valence-corrected chi connectivity index (χ0v) is 13.0. The van der Waals surface area contributed by atoms with Crippen LogP contribution in [0.5, 0.6) is 0 Å². The summed E-state index contributed by atoms with van der Waals surface area (Å²) in [4.78, 5) is 14.0. The Morgan fingerprint density at radius 1 is 1.43 bits per heavy atom. The van der Waals surface area contributed by atoms with Gasteiger partial charge in [-0.05, 0) is 27.2 Å². The van der Waals surface area contributed by atoms with Gasteiger partial charge in [0.25, 0.3) is 0 Å². The molecular formula is C15H23N3O3. The molecule has 2 aliphatic heterocycles. The number of ether oxygens (including phenoxy) is 2. The lowest BCUT2D eigenvalue weighted by molar-refractivity contribution is 0.0193. The Hall–Kier alpha value is -1.56. The van der Waals surface area contributed by atoms with Crippen LogP contribution in [0.3, 0.4) is 0 Å². The summed E-state index contributed by atoms with van der Waals surface area (Å²) >= 11 is 0. The van der Waals surface area contributed by atoms with Gasteiger partial charge in [0.15, 0.2) is 0 Å².